The van der Waals surface area contributed by atoms with Crippen molar-refractivity contribution in [2.45, 2.75) is 0 Å². The number of aromatic amines is 1. The van der Waals surface area contributed by atoms with Gasteiger partial charge >= 0.3 is 0 Å². The number of H-pyrrole nitrogens is 1. The Labute approximate surface area is 146 Å². The molecule has 4 nitrogen and oxygen atoms in total. The highest BCUT2D eigenvalue weighted by molar-refractivity contribution is 7.12. The van der Waals surface area contributed by atoms with Crippen LogP contribution in [-0.4, -0.2) is 15.9 Å². The van der Waals surface area contributed by atoms with Gasteiger partial charge in [-0.05, 0) is 41.1 Å². The maximum absolute atomic E-state index is 12.5. The van der Waals surface area contributed by atoms with Crippen LogP contribution in [0.1, 0.15) is 20.4 Å². The Kier molecular flexibility index (Phi) is 3.98. The van der Waals surface area contributed by atoms with Crippen molar-refractivity contribution in [1.29, 1.82) is 0 Å². The van der Waals surface area contributed by atoms with Gasteiger partial charge in [0.05, 0.1) is 21.6 Å². The highest BCUT2D eigenvalue weighted by Crippen LogP contribution is 2.21. The summed E-state index contributed by atoms with van der Waals surface area (Å²) in [6.45, 7) is 0. The smallest absolute Gasteiger partial charge is 0.265 e. The minimum atomic E-state index is -0.131. The van der Waals surface area contributed by atoms with Gasteiger partial charge in [0.1, 0.15) is 0 Å². The highest BCUT2D eigenvalue weighted by atomic mass is 32.1. The first kappa shape index (κ1) is 14.9. The molecule has 0 fully saturated rings. The lowest BCUT2D eigenvalue weighted by molar-refractivity contribution is 0.0977. The molecule has 6 heteroatoms. The number of hydrogen-bond donors (Lipinski definition) is 2. The molecule has 1 aromatic carbocycles. The van der Waals surface area contributed by atoms with Gasteiger partial charge in [-0.15, -0.1) is 22.7 Å². The Morgan fingerprint density at radius 1 is 1.04 bits per heavy atom. The van der Waals surface area contributed by atoms with E-state index < -0.39 is 0 Å². The van der Waals surface area contributed by atoms with Gasteiger partial charge in [0.25, 0.3) is 5.91 Å². The molecule has 0 spiro atoms. The van der Waals surface area contributed by atoms with Gasteiger partial charge in [-0.2, -0.15) is 0 Å². The molecule has 0 radical (unpaired) electrons. The van der Waals surface area contributed by atoms with Crippen LogP contribution in [0.2, 0.25) is 0 Å². The maximum Gasteiger partial charge on any atom is 0.265 e. The molecule has 0 aliphatic heterocycles. The predicted molar refractivity (Wildman–Crippen MR) is 100 cm³/mol. The Bertz CT molecular complexity index is 965. The van der Waals surface area contributed by atoms with E-state index in [1.165, 1.54) is 11.3 Å². The average molecular weight is 351 g/mol. The van der Waals surface area contributed by atoms with Crippen LogP contribution >= 0.6 is 22.7 Å². The van der Waals surface area contributed by atoms with Crippen molar-refractivity contribution >= 4 is 51.4 Å². The average Bonchev–Trinajstić information content (AvgIpc) is 3.34. The fourth-order valence-electron chi connectivity index (χ4n) is 2.35. The first-order valence-electron chi connectivity index (χ1n) is 7.35. The fourth-order valence-corrected chi connectivity index (χ4v) is 3.63. The van der Waals surface area contributed by atoms with Crippen LogP contribution in [0.15, 0.2) is 59.3 Å². The molecule has 0 saturated carbocycles. The standard InChI is InChI=1S/C18H13N3OS2/c22-18(16-8-4-10-24-16)21-15(11-12-5-3-9-23-12)17-19-13-6-1-2-7-14(13)20-17/h1-11H,(H,19,20)(H,21,22). The Balaban J connectivity index is 1.74. The fraction of sp³-hybridized carbons (Fsp3) is 0. The molecule has 0 unspecified atom stereocenters. The predicted octanol–water partition coefficient (Wildman–Crippen LogP) is 4.61. The number of aromatic nitrogens is 2. The van der Waals surface area contributed by atoms with Crippen LogP contribution < -0.4 is 5.32 Å². The summed E-state index contributed by atoms with van der Waals surface area (Å²) in [5.74, 6) is 0.516. The van der Waals surface area contributed by atoms with E-state index >= 15 is 0 Å². The van der Waals surface area contributed by atoms with Gasteiger partial charge in [0.15, 0.2) is 5.82 Å². The minimum absolute atomic E-state index is 0.131. The molecule has 4 rings (SSSR count). The van der Waals surface area contributed by atoms with Gasteiger partial charge in [0.2, 0.25) is 0 Å². The summed E-state index contributed by atoms with van der Waals surface area (Å²) in [5.41, 5.74) is 2.47. The second kappa shape index (κ2) is 6.43. The summed E-state index contributed by atoms with van der Waals surface area (Å²) in [7, 11) is 0. The number of carbonyl (C=O) groups is 1. The summed E-state index contributed by atoms with van der Waals surface area (Å²) in [5, 5.41) is 6.87. The van der Waals surface area contributed by atoms with Crippen molar-refractivity contribution < 1.29 is 4.79 Å². The minimum Gasteiger partial charge on any atom is -0.337 e. The Morgan fingerprint density at radius 3 is 2.62 bits per heavy atom. The summed E-state index contributed by atoms with van der Waals surface area (Å²) in [6.07, 6.45) is 1.94. The quantitative estimate of drug-likeness (QED) is 0.564. The molecule has 0 aliphatic carbocycles. The van der Waals surface area contributed by atoms with E-state index in [-0.39, 0.29) is 5.91 Å². The lowest BCUT2D eigenvalue weighted by Crippen LogP contribution is -2.21. The van der Waals surface area contributed by atoms with Crippen molar-refractivity contribution in [3.05, 3.63) is 74.9 Å². The van der Waals surface area contributed by atoms with Crippen LogP contribution in [0, 0.1) is 0 Å². The van der Waals surface area contributed by atoms with E-state index in [1.54, 1.807) is 17.4 Å². The molecule has 0 bridgehead atoms. The van der Waals surface area contributed by atoms with Gasteiger partial charge in [0, 0.05) is 4.88 Å². The zero-order valence-electron chi connectivity index (χ0n) is 12.5. The van der Waals surface area contributed by atoms with Crippen LogP contribution in [0.5, 0.6) is 0 Å². The number of hydrogen-bond acceptors (Lipinski definition) is 4. The molecule has 3 heterocycles. The van der Waals surface area contributed by atoms with Crippen molar-refractivity contribution in [1.82, 2.24) is 15.3 Å². The molecule has 1 amide bonds. The third-order valence-electron chi connectivity index (χ3n) is 3.47. The second-order valence-corrected chi connectivity index (χ2v) is 7.03. The second-order valence-electron chi connectivity index (χ2n) is 5.11. The molecule has 118 valence electrons. The Morgan fingerprint density at radius 2 is 1.88 bits per heavy atom. The SMILES string of the molecule is O=C(NC(=Cc1cccs1)c1nc2ccccc2[nH]1)c1cccs1. The van der Waals surface area contributed by atoms with Crippen LogP contribution in [0.3, 0.4) is 0 Å². The van der Waals surface area contributed by atoms with Gasteiger partial charge in [-0.3, -0.25) is 4.79 Å². The van der Waals surface area contributed by atoms with Crippen LogP contribution in [0.4, 0.5) is 0 Å². The van der Waals surface area contributed by atoms with E-state index in [1.807, 2.05) is 59.3 Å². The number of carbonyl (C=O) groups excluding carboxylic acids is 1. The number of thiophene rings is 2. The zero-order chi connectivity index (χ0) is 16.4. The number of nitrogens with zero attached hydrogens (tertiary/aromatic N) is 1. The molecule has 0 aliphatic rings. The highest BCUT2D eigenvalue weighted by Gasteiger charge is 2.14. The lowest BCUT2D eigenvalue weighted by atomic mass is 10.3. The van der Waals surface area contributed by atoms with E-state index in [4.69, 9.17) is 0 Å². The van der Waals surface area contributed by atoms with Crippen molar-refractivity contribution in [3.63, 3.8) is 0 Å². The molecule has 3 aromatic heterocycles. The number of benzene rings is 1. The van der Waals surface area contributed by atoms with E-state index in [0.717, 1.165) is 15.9 Å². The number of nitrogens with one attached hydrogen (secondary N) is 2. The maximum atomic E-state index is 12.5. The molecular weight excluding hydrogens is 338 g/mol. The first-order valence-corrected chi connectivity index (χ1v) is 9.11. The van der Waals surface area contributed by atoms with Gasteiger partial charge in [-0.1, -0.05) is 24.3 Å². The molecule has 4 aromatic rings. The summed E-state index contributed by atoms with van der Waals surface area (Å²) < 4.78 is 0. The van der Waals surface area contributed by atoms with Crippen LogP contribution in [0.25, 0.3) is 22.8 Å². The van der Waals surface area contributed by atoms with Crippen molar-refractivity contribution in [2.75, 3.05) is 0 Å². The largest absolute Gasteiger partial charge is 0.337 e. The number of imidazole rings is 1. The van der Waals surface area contributed by atoms with Gasteiger partial charge < -0.3 is 10.3 Å². The van der Waals surface area contributed by atoms with E-state index in [2.05, 4.69) is 15.3 Å². The number of fused-ring (bicyclic) bond motifs is 1. The zero-order valence-corrected chi connectivity index (χ0v) is 14.2. The number of rotatable bonds is 4. The molecule has 2 N–H and O–H groups in total. The monoisotopic (exact) mass is 351 g/mol. The summed E-state index contributed by atoms with van der Waals surface area (Å²) in [4.78, 5) is 22.0. The summed E-state index contributed by atoms with van der Waals surface area (Å²) in [6, 6.07) is 15.5. The lowest BCUT2D eigenvalue weighted by Gasteiger charge is -2.06. The summed E-state index contributed by atoms with van der Waals surface area (Å²) >= 11 is 3.02. The number of amides is 1. The van der Waals surface area contributed by atoms with Gasteiger partial charge in [-0.25, -0.2) is 4.98 Å². The van der Waals surface area contributed by atoms with Crippen molar-refractivity contribution in [3.8, 4) is 0 Å². The van der Waals surface area contributed by atoms with E-state index in [9.17, 15) is 4.79 Å². The third kappa shape index (κ3) is 3.02. The normalized spacial score (nSPS) is 11.8. The third-order valence-corrected chi connectivity index (χ3v) is 5.16. The van der Waals surface area contributed by atoms with Crippen molar-refractivity contribution in [2.24, 2.45) is 0 Å². The van der Waals surface area contributed by atoms with Crippen LogP contribution in [-0.2, 0) is 0 Å². The first-order chi connectivity index (χ1) is 11.8. The van der Waals surface area contributed by atoms with E-state index in [0.29, 0.717) is 16.4 Å². The molecule has 0 saturated heterocycles. The molecular formula is C18H13N3OS2. The number of para-hydroxylation sites is 2. The Hall–Kier alpha value is -2.70. The molecule has 0 atom stereocenters. The molecule has 24 heavy (non-hydrogen) atoms. The topological polar surface area (TPSA) is 57.8 Å².